The first-order valence-corrected chi connectivity index (χ1v) is 8.56. The Morgan fingerprint density at radius 2 is 2.03 bits per heavy atom. The fraction of sp³-hybridized carbons (Fsp3) is 0.150. The van der Waals surface area contributed by atoms with Crippen LogP contribution in [0.15, 0.2) is 58.3 Å². The largest absolute Gasteiger partial charge is 0.472 e. The molecule has 4 rings (SSSR count). The van der Waals surface area contributed by atoms with Gasteiger partial charge in [0.15, 0.2) is 17.6 Å². The summed E-state index contributed by atoms with van der Waals surface area (Å²) in [4.78, 5) is 22.7. The summed E-state index contributed by atoms with van der Waals surface area (Å²) >= 11 is 0. The summed E-state index contributed by atoms with van der Waals surface area (Å²) in [7, 11) is 1.40. The van der Waals surface area contributed by atoms with Gasteiger partial charge in [-0.1, -0.05) is 6.07 Å². The van der Waals surface area contributed by atoms with Gasteiger partial charge in [-0.2, -0.15) is 0 Å². The number of halogens is 3. The smallest absolute Gasteiger partial charge is 0.267 e. The minimum atomic E-state index is -1.88. The van der Waals surface area contributed by atoms with E-state index < -0.39 is 29.8 Å². The number of nitrogens with two attached hydrogens (primary N) is 1. The van der Waals surface area contributed by atoms with Gasteiger partial charge in [0.05, 0.1) is 23.9 Å². The highest BCUT2D eigenvalue weighted by atomic mass is 19.2. The monoisotopic (exact) mass is 400 g/mol. The molecule has 0 saturated heterocycles. The highest BCUT2D eigenvalue weighted by Crippen LogP contribution is 2.41. The van der Waals surface area contributed by atoms with Gasteiger partial charge >= 0.3 is 0 Å². The fourth-order valence-corrected chi connectivity index (χ4v) is 3.33. The first-order chi connectivity index (χ1) is 13.9. The van der Waals surface area contributed by atoms with Crippen LogP contribution in [0.2, 0.25) is 0 Å². The van der Waals surface area contributed by atoms with Crippen molar-refractivity contribution in [2.45, 2.75) is 12.2 Å². The second kappa shape index (κ2) is 6.77. The van der Waals surface area contributed by atoms with Crippen molar-refractivity contribution < 1.29 is 22.4 Å². The van der Waals surface area contributed by atoms with Gasteiger partial charge < -0.3 is 10.2 Å². The van der Waals surface area contributed by atoms with Crippen molar-refractivity contribution in [3.8, 4) is 11.1 Å². The predicted octanol–water partition coefficient (Wildman–Crippen LogP) is 3.12. The van der Waals surface area contributed by atoms with Gasteiger partial charge in [-0.3, -0.25) is 14.7 Å². The SMILES string of the molecule is CN1C(=O)C(c2cc(F)c(F)c(-c3ccoc3)c2)(c2cccc(CF)n2)N=C1N. The molecule has 9 heteroatoms. The molecule has 2 aromatic heterocycles. The number of aromatic nitrogens is 1. The Morgan fingerprint density at radius 1 is 1.24 bits per heavy atom. The zero-order valence-electron chi connectivity index (χ0n) is 15.2. The van der Waals surface area contributed by atoms with Crippen LogP contribution >= 0.6 is 0 Å². The van der Waals surface area contributed by atoms with Crippen LogP contribution in [-0.2, 0) is 17.0 Å². The molecule has 0 spiro atoms. The maximum Gasteiger partial charge on any atom is 0.267 e. The maximum atomic E-state index is 14.5. The molecule has 3 heterocycles. The number of carbonyl (C=O) groups excluding carboxylic acids is 1. The average Bonchev–Trinajstić information content (AvgIpc) is 3.34. The normalized spacial score (nSPS) is 19.0. The minimum absolute atomic E-state index is 0.00779. The van der Waals surface area contributed by atoms with E-state index in [9.17, 15) is 18.0 Å². The average molecular weight is 400 g/mol. The number of furan rings is 1. The summed E-state index contributed by atoms with van der Waals surface area (Å²) in [6, 6.07) is 8.03. The van der Waals surface area contributed by atoms with Gasteiger partial charge in [-0.15, -0.1) is 0 Å². The quantitative estimate of drug-likeness (QED) is 0.729. The van der Waals surface area contributed by atoms with E-state index in [1.165, 1.54) is 49.9 Å². The number of nitrogens with zero attached hydrogens (tertiary/aromatic N) is 3. The zero-order valence-corrected chi connectivity index (χ0v) is 15.2. The van der Waals surface area contributed by atoms with Crippen LogP contribution < -0.4 is 5.73 Å². The number of carbonyl (C=O) groups is 1. The van der Waals surface area contributed by atoms with Gasteiger partial charge in [0.1, 0.15) is 6.67 Å². The molecule has 1 aromatic carbocycles. The molecule has 0 radical (unpaired) electrons. The number of likely N-dealkylation sites (N-methyl/N-ethyl adjacent to an activating group) is 1. The van der Waals surface area contributed by atoms with Crippen molar-refractivity contribution in [2.75, 3.05) is 7.05 Å². The van der Waals surface area contributed by atoms with E-state index in [4.69, 9.17) is 10.2 Å². The Morgan fingerprint density at radius 3 is 2.66 bits per heavy atom. The van der Waals surface area contributed by atoms with Crippen LogP contribution in [0.3, 0.4) is 0 Å². The summed E-state index contributed by atoms with van der Waals surface area (Å²) in [5.41, 5.74) is 4.26. The van der Waals surface area contributed by atoms with Crippen LogP contribution in [0.25, 0.3) is 11.1 Å². The number of hydrogen-bond donors (Lipinski definition) is 1. The van der Waals surface area contributed by atoms with Crippen molar-refractivity contribution >= 4 is 11.9 Å². The molecule has 0 fully saturated rings. The van der Waals surface area contributed by atoms with Crippen molar-refractivity contribution in [3.63, 3.8) is 0 Å². The number of alkyl halides is 1. The van der Waals surface area contributed by atoms with Crippen LogP contribution in [-0.4, -0.2) is 28.8 Å². The fourth-order valence-electron chi connectivity index (χ4n) is 3.33. The summed E-state index contributed by atoms with van der Waals surface area (Å²) in [5, 5.41) is 0. The number of guanidine groups is 1. The molecule has 148 valence electrons. The third-order valence-corrected chi connectivity index (χ3v) is 4.83. The van der Waals surface area contributed by atoms with E-state index >= 15 is 0 Å². The molecular formula is C20H15F3N4O2. The molecule has 6 nitrogen and oxygen atoms in total. The lowest BCUT2D eigenvalue weighted by molar-refractivity contribution is -0.129. The molecular weight excluding hydrogens is 385 g/mol. The second-order valence-corrected chi connectivity index (χ2v) is 6.52. The Balaban J connectivity index is 2.03. The van der Waals surface area contributed by atoms with E-state index in [2.05, 4.69) is 9.98 Å². The standard InChI is InChI=1S/C20H15F3N4O2/c1-27-18(28)20(26-19(27)24,16-4-2-3-13(9-21)25-16)12-7-14(11-5-6-29-10-11)17(23)15(22)8-12/h2-8,10H,9H2,1H3,(H2,24,26). The molecule has 1 atom stereocenters. The van der Waals surface area contributed by atoms with E-state index in [1.807, 2.05) is 0 Å². The lowest BCUT2D eigenvalue weighted by atomic mass is 9.84. The molecule has 0 bridgehead atoms. The molecule has 2 N–H and O–H groups in total. The highest BCUT2D eigenvalue weighted by Gasteiger charge is 2.51. The summed E-state index contributed by atoms with van der Waals surface area (Å²) in [5.74, 6) is -3.04. The minimum Gasteiger partial charge on any atom is -0.472 e. The van der Waals surface area contributed by atoms with Crippen molar-refractivity contribution in [2.24, 2.45) is 10.7 Å². The van der Waals surface area contributed by atoms with Gasteiger partial charge in [-0.25, -0.2) is 18.2 Å². The maximum absolute atomic E-state index is 14.5. The van der Waals surface area contributed by atoms with E-state index in [0.29, 0.717) is 0 Å². The third-order valence-electron chi connectivity index (χ3n) is 4.83. The molecule has 0 saturated carbocycles. The number of hydrogen-bond acceptors (Lipinski definition) is 5. The molecule has 1 aliphatic heterocycles. The molecule has 3 aromatic rings. The molecule has 1 unspecified atom stereocenters. The van der Waals surface area contributed by atoms with Gasteiger partial charge in [0.2, 0.25) is 5.54 Å². The highest BCUT2D eigenvalue weighted by molar-refractivity contribution is 6.08. The first kappa shape index (κ1) is 18.7. The van der Waals surface area contributed by atoms with E-state index in [1.54, 1.807) is 0 Å². The van der Waals surface area contributed by atoms with E-state index in [0.717, 1.165) is 11.0 Å². The Bertz CT molecular complexity index is 1130. The second-order valence-electron chi connectivity index (χ2n) is 6.52. The van der Waals surface area contributed by atoms with Crippen LogP contribution in [0.1, 0.15) is 17.0 Å². The predicted molar refractivity (Wildman–Crippen MR) is 98.3 cm³/mol. The van der Waals surface area contributed by atoms with Gasteiger partial charge in [0.25, 0.3) is 5.91 Å². The molecule has 29 heavy (non-hydrogen) atoms. The summed E-state index contributed by atoms with van der Waals surface area (Å²) in [6.45, 7) is -0.870. The Hall–Kier alpha value is -3.62. The van der Waals surface area contributed by atoms with Crippen LogP contribution in [0.5, 0.6) is 0 Å². The zero-order chi connectivity index (χ0) is 20.8. The molecule has 1 aliphatic rings. The number of amides is 1. The van der Waals surface area contributed by atoms with Crippen molar-refractivity contribution in [1.82, 2.24) is 9.88 Å². The molecule has 0 aliphatic carbocycles. The Kier molecular flexibility index (Phi) is 4.37. The number of pyridine rings is 1. The lowest BCUT2D eigenvalue weighted by Gasteiger charge is -2.26. The van der Waals surface area contributed by atoms with Crippen molar-refractivity contribution in [3.05, 3.63) is 77.5 Å². The van der Waals surface area contributed by atoms with Crippen LogP contribution in [0, 0.1) is 11.6 Å². The number of rotatable bonds is 4. The summed E-state index contributed by atoms with van der Waals surface area (Å²) in [6.07, 6.45) is 2.56. The number of benzene rings is 1. The summed E-state index contributed by atoms with van der Waals surface area (Å²) < 4.78 is 47.2. The topological polar surface area (TPSA) is 84.7 Å². The van der Waals surface area contributed by atoms with Crippen LogP contribution in [0.4, 0.5) is 13.2 Å². The first-order valence-electron chi connectivity index (χ1n) is 8.56. The van der Waals surface area contributed by atoms with Gasteiger partial charge in [-0.05, 0) is 35.9 Å². The number of aliphatic imine (C=N–C) groups is 1. The van der Waals surface area contributed by atoms with E-state index in [-0.39, 0.29) is 34.0 Å². The Labute approximate surface area is 163 Å². The van der Waals surface area contributed by atoms with Crippen molar-refractivity contribution in [1.29, 1.82) is 0 Å². The third kappa shape index (κ3) is 2.77. The molecule has 1 amide bonds. The lowest BCUT2D eigenvalue weighted by Crippen LogP contribution is -2.41. The van der Waals surface area contributed by atoms with Gasteiger partial charge in [0, 0.05) is 18.2 Å².